The van der Waals surface area contributed by atoms with Gasteiger partial charge in [0.25, 0.3) is 0 Å². The third-order valence-corrected chi connectivity index (χ3v) is 4.44. The van der Waals surface area contributed by atoms with Crippen molar-refractivity contribution in [3.8, 4) is 11.5 Å². The summed E-state index contributed by atoms with van der Waals surface area (Å²) in [5.41, 5.74) is 3.74. The van der Waals surface area contributed by atoms with Crippen molar-refractivity contribution < 1.29 is 9.47 Å². The summed E-state index contributed by atoms with van der Waals surface area (Å²) in [6, 6.07) is 14.6. The quantitative estimate of drug-likeness (QED) is 0.675. The number of benzene rings is 2. The molecule has 2 aromatic rings. The van der Waals surface area contributed by atoms with Crippen LogP contribution in [-0.4, -0.2) is 12.1 Å². The summed E-state index contributed by atoms with van der Waals surface area (Å²) in [5, 5.41) is 3.58. The second-order valence-corrected chi connectivity index (χ2v) is 7.08. The predicted octanol–water partition coefficient (Wildman–Crippen LogP) is 5.25. The maximum absolute atomic E-state index is 6.01. The number of nitrogens with one attached hydrogen (secondary N) is 1. The lowest BCUT2D eigenvalue weighted by molar-refractivity contribution is 0.269. The number of ether oxygens (including phenoxy) is 2. The molecule has 2 rings (SSSR count). The van der Waals surface area contributed by atoms with Gasteiger partial charge in [0.2, 0.25) is 0 Å². The molecule has 136 valence electrons. The molecule has 1 N–H and O–H groups in total. The third kappa shape index (κ3) is 6.09. The van der Waals surface area contributed by atoms with Gasteiger partial charge in [-0.2, -0.15) is 0 Å². The fourth-order valence-electron chi connectivity index (χ4n) is 2.48. The number of hydrogen-bond acceptors (Lipinski definition) is 3. The summed E-state index contributed by atoms with van der Waals surface area (Å²) in [4.78, 5) is 0. The molecule has 0 fully saturated rings. The van der Waals surface area contributed by atoms with Crippen LogP contribution in [0.1, 0.15) is 50.8 Å². The Kier molecular flexibility index (Phi) is 6.89. The molecule has 0 aliphatic heterocycles. The summed E-state index contributed by atoms with van der Waals surface area (Å²) in [5.74, 6) is 1.60. The lowest BCUT2D eigenvalue weighted by atomic mass is 10.0. The van der Waals surface area contributed by atoms with E-state index in [9.17, 15) is 0 Å². The smallest absolute Gasteiger partial charge is 0.161 e. The van der Waals surface area contributed by atoms with Gasteiger partial charge in [0.05, 0.1) is 6.61 Å². The zero-order valence-corrected chi connectivity index (χ0v) is 16.2. The van der Waals surface area contributed by atoms with Gasteiger partial charge in [-0.15, -0.1) is 0 Å². The van der Waals surface area contributed by atoms with Gasteiger partial charge in [-0.1, -0.05) is 42.8 Å². The van der Waals surface area contributed by atoms with Gasteiger partial charge >= 0.3 is 0 Å². The molecule has 0 heterocycles. The van der Waals surface area contributed by atoms with Gasteiger partial charge in [-0.25, -0.2) is 0 Å². The summed E-state index contributed by atoms with van der Waals surface area (Å²) in [7, 11) is 0. The highest BCUT2D eigenvalue weighted by atomic mass is 16.5. The standard InChI is InChI=1S/C22H31NO2/c1-6-22(4,5)23-15-18-11-12-20(21(14-18)24-7-2)25-16-19-10-8-9-17(3)13-19/h8-14,23H,6-7,15-16H2,1-5H3. The molecule has 0 aliphatic carbocycles. The highest BCUT2D eigenvalue weighted by Gasteiger charge is 2.14. The molecule has 0 saturated carbocycles. The number of hydrogen-bond donors (Lipinski definition) is 1. The van der Waals surface area contributed by atoms with Crippen LogP contribution in [0.15, 0.2) is 42.5 Å². The minimum atomic E-state index is 0.131. The molecule has 3 heteroatoms. The van der Waals surface area contributed by atoms with Crippen LogP contribution in [0.2, 0.25) is 0 Å². The Morgan fingerprint density at radius 2 is 1.72 bits per heavy atom. The minimum Gasteiger partial charge on any atom is -0.490 e. The Balaban J connectivity index is 2.07. The zero-order valence-electron chi connectivity index (χ0n) is 16.2. The van der Waals surface area contributed by atoms with Crippen LogP contribution < -0.4 is 14.8 Å². The molecule has 2 aromatic carbocycles. The Morgan fingerprint density at radius 1 is 0.920 bits per heavy atom. The van der Waals surface area contributed by atoms with E-state index in [0.29, 0.717) is 13.2 Å². The molecule has 3 nitrogen and oxygen atoms in total. The molecule has 0 saturated heterocycles. The molecule has 0 amide bonds. The van der Waals surface area contributed by atoms with E-state index >= 15 is 0 Å². The van der Waals surface area contributed by atoms with Crippen LogP contribution in [0.4, 0.5) is 0 Å². The van der Waals surface area contributed by atoms with E-state index in [1.165, 1.54) is 11.1 Å². The Hall–Kier alpha value is -2.00. The highest BCUT2D eigenvalue weighted by molar-refractivity contribution is 5.43. The van der Waals surface area contributed by atoms with Crippen molar-refractivity contribution in [2.45, 2.75) is 59.7 Å². The summed E-state index contributed by atoms with van der Waals surface area (Å²) >= 11 is 0. The van der Waals surface area contributed by atoms with Crippen LogP contribution in [-0.2, 0) is 13.2 Å². The fraction of sp³-hybridized carbons (Fsp3) is 0.455. The summed E-state index contributed by atoms with van der Waals surface area (Å²) in [6.07, 6.45) is 1.09. The molecule has 0 radical (unpaired) electrons. The molecular weight excluding hydrogens is 310 g/mol. The Morgan fingerprint density at radius 3 is 2.40 bits per heavy atom. The first kappa shape index (κ1) is 19.3. The van der Waals surface area contributed by atoms with Crippen LogP contribution in [0.25, 0.3) is 0 Å². The van der Waals surface area contributed by atoms with E-state index < -0.39 is 0 Å². The third-order valence-electron chi connectivity index (χ3n) is 4.44. The van der Waals surface area contributed by atoms with Crippen molar-refractivity contribution in [1.82, 2.24) is 5.32 Å². The number of aryl methyl sites for hydroxylation is 1. The molecule has 25 heavy (non-hydrogen) atoms. The molecule has 0 bridgehead atoms. The minimum absolute atomic E-state index is 0.131. The summed E-state index contributed by atoms with van der Waals surface area (Å²) < 4.78 is 11.8. The maximum Gasteiger partial charge on any atom is 0.161 e. The Bertz CT molecular complexity index is 679. The average Bonchev–Trinajstić information content (AvgIpc) is 2.59. The van der Waals surface area contributed by atoms with Crippen molar-refractivity contribution in [2.24, 2.45) is 0 Å². The van der Waals surface area contributed by atoms with Crippen LogP contribution in [0.5, 0.6) is 11.5 Å². The van der Waals surface area contributed by atoms with Gasteiger partial charge in [-0.05, 0) is 57.4 Å². The van der Waals surface area contributed by atoms with E-state index in [1.807, 2.05) is 13.0 Å². The van der Waals surface area contributed by atoms with E-state index in [4.69, 9.17) is 9.47 Å². The van der Waals surface area contributed by atoms with Crippen molar-refractivity contribution in [1.29, 1.82) is 0 Å². The van der Waals surface area contributed by atoms with Crippen LogP contribution >= 0.6 is 0 Å². The van der Waals surface area contributed by atoms with Gasteiger partial charge in [0, 0.05) is 12.1 Å². The largest absolute Gasteiger partial charge is 0.490 e. The lowest BCUT2D eigenvalue weighted by Crippen LogP contribution is -2.37. The maximum atomic E-state index is 6.01. The van der Waals surface area contributed by atoms with E-state index in [0.717, 1.165) is 30.0 Å². The summed E-state index contributed by atoms with van der Waals surface area (Å²) in [6.45, 7) is 12.7. The first-order valence-electron chi connectivity index (χ1n) is 9.12. The topological polar surface area (TPSA) is 30.5 Å². The SMILES string of the molecule is CCOc1cc(CNC(C)(C)CC)ccc1OCc1cccc(C)c1. The van der Waals surface area contributed by atoms with Gasteiger partial charge < -0.3 is 14.8 Å². The average molecular weight is 341 g/mol. The van der Waals surface area contributed by atoms with E-state index in [-0.39, 0.29) is 5.54 Å². The predicted molar refractivity (Wildman–Crippen MR) is 104 cm³/mol. The molecular formula is C22H31NO2. The van der Waals surface area contributed by atoms with E-state index in [1.54, 1.807) is 0 Å². The van der Waals surface area contributed by atoms with Gasteiger partial charge in [-0.3, -0.25) is 0 Å². The second kappa shape index (κ2) is 8.91. The van der Waals surface area contributed by atoms with Gasteiger partial charge in [0.15, 0.2) is 11.5 Å². The Labute approximate surface area is 152 Å². The zero-order chi connectivity index (χ0) is 18.3. The van der Waals surface area contributed by atoms with Crippen molar-refractivity contribution in [2.75, 3.05) is 6.61 Å². The molecule has 0 aromatic heterocycles. The fourth-order valence-corrected chi connectivity index (χ4v) is 2.48. The van der Waals surface area contributed by atoms with Crippen LogP contribution in [0.3, 0.4) is 0 Å². The van der Waals surface area contributed by atoms with Crippen molar-refractivity contribution >= 4 is 0 Å². The lowest BCUT2D eigenvalue weighted by Gasteiger charge is -2.25. The second-order valence-electron chi connectivity index (χ2n) is 7.08. The highest BCUT2D eigenvalue weighted by Crippen LogP contribution is 2.29. The first-order chi connectivity index (χ1) is 11.9. The normalized spacial score (nSPS) is 11.4. The van der Waals surface area contributed by atoms with Gasteiger partial charge in [0.1, 0.15) is 6.61 Å². The molecule has 0 aliphatic rings. The monoisotopic (exact) mass is 341 g/mol. The van der Waals surface area contributed by atoms with Crippen molar-refractivity contribution in [3.63, 3.8) is 0 Å². The first-order valence-corrected chi connectivity index (χ1v) is 9.12. The number of rotatable bonds is 9. The van der Waals surface area contributed by atoms with Crippen molar-refractivity contribution in [3.05, 3.63) is 59.2 Å². The molecule has 0 atom stereocenters. The molecule has 0 spiro atoms. The van der Waals surface area contributed by atoms with Crippen LogP contribution in [0, 0.1) is 6.92 Å². The van der Waals surface area contributed by atoms with E-state index in [2.05, 4.69) is 69.4 Å². The molecule has 0 unspecified atom stereocenters.